The molecule has 0 spiro atoms. The first-order valence-corrected chi connectivity index (χ1v) is 6.51. The number of hydrogen-bond acceptors (Lipinski definition) is 2. The van der Waals surface area contributed by atoms with E-state index in [0.29, 0.717) is 21.6 Å². The van der Waals surface area contributed by atoms with Gasteiger partial charge in [0.25, 0.3) is 0 Å². The van der Waals surface area contributed by atoms with Crippen molar-refractivity contribution >= 4 is 40.5 Å². The minimum absolute atomic E-state index is 0.484. The average Bonchev–Trinajstić information content (AvgIpc) is 2.36. The molecule has 0 unspecified atom stereocenters. The minimum Gasteiger partial charge on any atom is -0.379 e. The van der Waals surface area contributed by atoms with E-state index in [1.54, 1.807) is 18.3 Å². The number of rotatable bonds is 3. The molecule has 1 heterocycles. The third kappa shape index (κ3) is 2.89. The average molecular weight is 302 g/mol. The van der Waals surface area contributed by atoms with Gasteiger partial charge >= 0.3 is 0 Å². The number of anilines is 1. The molecule has 2 rings (SSSR count). The van der Waals surface area contributed by atoms with Crippen LogP contribution in [0.25, 0.3) is 0 Å². The Labute approximate surface area is 121 Å². The third-order valence-electron chi connectivity index (χ3n) is 2.60. The Bertz CT molecular complexity index is 570. The quantitative estimate of drug-likeness (QED) is 0.810. The van der Waals surface area contributed by atoms with Crippen molar-refractivity contribution in [2.24, 2.45) is 0 Å². The molecule has 0 atom stereocenters. The first-order valence-electron chi connectivity index (χ1n) is 5.37. The van der Waals surface area contributed by atoms with Gasteiger partial charge in [0, 0.05) is 23.3 Å². The molecule has 0 saturated carbocycles. The van der Waals surface area contributed by atoms with E-state index in [1.807, 2.05) is 19.1 Å². The third-order valence-corrected chi connectivity index (χ3v) is 3.80. The molecular weight excluding hydrogens is 291 g/mol. The van der Waals surface area contributed by atoms with E-state index in [-0.39, 0.29) is 0 Å². The zero-order chi connectivity index (χ0) is 13.1. The van der Waals surface area contributed by atoms with Crippen molar-refractivity contribution in [3.63, 3.8) is 0 Å². The topological polar surface area (TPSA) is 24.9 Å². The Kier molecular flexibility index (Phi) is 4.33. The Morgan fingerprint density at radius 3 is 2.56 bits per heavy atom. The fraction of sp³-hybridized carbons (Fsp3) is 0.154. The molecule has 0 fully saturated rings. The number of nitrogens with zero attached hydrogens (tertiary/aromatic N) is 1. The van der Waals surface area contributed by atoms with Gasteiger partial charge in [-0.25, -0.2) is 0 Å². The summed E-state index contributed by atoms with van der Waals surface area (Å²) in [6, 6.07) is 7.25. The van der Waals surface area contributed by atoms with Crippen LogP contribution in [-0.4, -0.2) is 4.98 Å². The second kappa shape index (κ2) is 5.79. The molecule has 0 amide bonds. The summed E-state index contributed by atoms with van der Waals surface area (Å²) in [4.78, 5) is 4.20. The van der Waals surface area contributed by atoms with E-state index in [2.05, 4.69) is 10.3 Å². The van der Waals surface area contributed by atoms with Gasteiger partial charge in [0.15, 0.2) is 0 Å². The summed E-state index contributed by atoms with van der Waals surface area (Å²) < 4.78 is 0. The van der Waals surface area contributed by atoms with Gasteiger partial charge in [-0.05, 0) is 31.2 Å². The molecule has 0 radical (unpaired) electrons. The summed E-state index contributed by atoms with van der Waals surface area (Å²) in [5.41, 5.74) is 2.66. The summed E-state index contributed by atoms with van der Waals surface area (Å²) in [6.07, 6.45) is 1.75. The van der Waals surface area contributed by atoms with Gasteiger partial charge in [0.2, 0.25) is 0 Å². The summed E-state index contributed by atoms with van der Waals surface area (Å²) >= 11 is 18.2. The molecule has 0 aliphatic heterocycles. The lowest BCUT2D eigenvalue weighted by Crippen LogP contribution is -2.03. The first-order chi connectivity index (χ1) is 8.59. The van der Waals surface area contributed by atoms with E-state index >= 15 is 0 Å². The molecular formula is C13H11Cl3N2. The van der Waals surface area contributed by atoms with Crippen molar-refractivity contribution in [2.75, 3.05) is 5.32 Å². The van der Waals surface area contributed by atoms with Crippen LogP contribution in [0.4, 0.5) is 5.69 Å². The summed E-state index contributed by atoms with van der Waals surface area (Å²) in [5.74, 6) is 0. The normalized spacial score (nSPS) is 10.4. The van der Waals surface area contributed by atoms with E-state index in [4.69, 9.17) is 34.8 Å². The van der Waals surface area contributed by atoms with Gasteiger partial charge in [-0.1, -0.05) is 34.8 Å². The second-order valence-electron chi connectivity index (χ2n) is 3.81. The highest BCUT2D eigenvalue weighted by Crippen LogP contribution is 2.32. The maximum atomic E-state index is 6.13. The van der Waals surface area contributed by atoms with Gasteiger partial charge in [-0.15, -0.1) is 0 Å². The smallest absolute Gasteiger partial charge is 0.0657 e. The number of aryl methyl sites for hydroxylation is 1. The summed E-state index contributed by atoms with van der Waals surface area (Å²) in [5, 5.41) is 4.83. The van der Waals surface area contributed by atoms with E-state index in [0.717, 1.165) is 16.9 Å². The minimum atomic E-state index is 0.484. The highest BCUT2D eigenvalue weighted by Gasteiger charge is 2.09. The van der Waals surface area contributed by atoms with E-state index in [1.165, 1.54) is 0 Å². The SMILES string of the molecule is Cc1ncccc1NCc1c(Cl)ccc(Cl)c1Cl. The fourth-order valence-corrected chi connectivity index (χ4v) is 2.27. The van der Waals surface area contributed by atoms with Crippen LogP contribution < -0.4 is 5.32 Å². The van der Waals surface area contributed by atoms with Crippen LogP contribution in [0.15, 0.2) is 30.5 Å². The van der Waals surface area contributed by atoms with Gasteiger partial charge in [-0.2, -0.15) is 0 Å². The molecule has 1 N–H and O–H groups in total. The van der Waals surface area contributed by atoms with Gasteiger partial charge in [-0.3, -0.25) is 4.98 Å². The van der Waals surface area contributed by atoms with Crippen LogP contribution in [0.1, 0.15) is 11.3 Å². The van der Waals surface area contributed by atoms with Crippen molar-refractivity contribution in [1.82, 2.24) is 4.98 Å². The lowest BCUT2D eigenvalue weighted by molar-refractivity contribution is 1.11. The summed E-state index contributed by atoms with van der Waals surface area (Å²) in [7, 11) is 0. The molecule has 1 aromatic heterocycles. The molecule has 2 nitrogen and oxygen atoms in total. The van der Waals surface area contributed by atoms with Gasteiger partial charge < -0.3 is 5.32 Å². The van der Waals surface area contributed by atoms with Crippen LogP contribution in [0.3, 0.4) is 0 Å². The molecule has 2 aromatic rings. The number of aromatic nitrogens is 1. The van der Waals surface area contributed by atoms with Crippen molar-refractivity contribution in [3.8, 4) is 0 Å². The predicted octanol–water partition coefficient (Wildman–Crippen LogP) is 4.96. The number of hydrogen-bond donors (Lipinski definition) is 1. The Balaban J connectivity index is 2.21. The van der Waals surface area contributed by atoms with Crippen LogP contribution in [0.5, 0.6) is 0 Å². The lowest BCUT2D eigenvalue weighted by atomic mass is 10.2. The second-order valence-corrected chi connectivity index (χ2v) is 5.00. The van der Waals surface area contributed by atoms with Crippen molar-refractivity contribution in [3.05, 3.63) is 56.8 Å². The summed E-state index contributed by atoms with van der Waals surface area (Å²) in [6.45, 7) is 2.44. The van der Waals surface area contributed by atoms with Crippen LogP contribution in [0.2, 0.25) is 15.1 Å². The largest absolute Gasteiger partial charge is 0.379 e. The maximum absolute atomic E-state index is 6.13. The zero-order valence-electron chi connectivity index (χ0n) is 9.67. The molecule has 0 saturated heterocycles. The fourth-order valence-electron chi connectivity index (χ4n) is 1.59. The monoisotopic (exact) mass is 300 g/mol. The molecule has 94 valence electrons. The molecule has 1 aromatic carbocycles. The van der Waals surface area contributed by atoms with Crippen molar-refractivity contribution in [2.45, 2.75) is 13.5 Å². The van der Waals surface area contributed by atoms with Crippen LogP contribution >= 0.6 is 34.8 Å². The van der Waals surface area contributed by atoms with E-state index in [9.17, 15) is 0 Å². The molecule has 0 aliphatic carbocycles. The predicted molar refractivity (Wildman–Crippen MR) is 77.8 cm³/mol. The number of nitrogens with one attached hydrogen (secondary N) is 1. The standard InChI is InChI=1S/C13H11Cl3N2/c1-8-12(3-2-6-17-8)18-7-9-10(14)4-5-11(15)13(9)16/h2-6,18H,7H2,1H3. The van der Waals surface area contributed by atoms with Gasteiger partial charge in [0.05, 0.1) is 21.4 Å². The first kappa shape index (κ1) is 13.5. The maximum Gasteiger partial charge on any atom is 0.0657 e. The Morgan fingerprint density at radius 2 is 1.83 bits per heavy atom. The highest BCUT2D eigenvalue weighted by molar-refractivity contribution is 6.44. The highest BCUT2D eigenvalue weighted by atomic mass is 35.5. The van der Waals surface area contributed by atoms with Crippen molar-refractivity contribution < 1.29 is 0 Å². The van der Waals surface area contributed by atoms with Crippen molar-refractivity contribution in [1.29, 1.82) is 0 Å². The number of benzene rings is 1. The van der Waals surface area contributed by atoms with E-state index < -0.39 is 0 Å². The molecule has 0 bridgehead atoms. The number of pyridine rings is 1. The van der Waals surface area contributed by atoms with Crippen LogP contribution in [-0.2, 0) is 6.54 Å². The zero-order valence-corrected chi connectivity index (χ0v) is 11.9. The van der Waals surface area contributed by atoms with Crippen LogP contribution in [0, 0.1) is 6.92 Å². The Hall–Kier alpha value is -0.960. The molecule has 0 aliphatic rings. The Morgan fingerprint density at radius 1 is 1.11 bits per heavy atom. The lowest BCUT2D eigenvalue weighted by Gasteiger charge is -2.12. The molecule has 5 heteroatoms. The molecule has 18 heavy (non-hydrogen) atoms. The number of halogens is 3. The van der Waals surface area contributed by atoms with Gasteiger partial charge in [0.1, 0.15) is 0 Å².